The van der Waals surface area contributed by atoms with Crippen molar-refractivity contribution < 1.29 is 10.2 Å². The lowest BCUT2D eigenvalue weighted by atomic mass is 10.3. The van der Waals surface area contributed by atoms with Crippen molar-refractivity contribution in [3.8, 4) is 5.88 Å². The summed E-state index contributed by atoms with van der Waals surface area (Å²) in [6.45, 7) is -0.0622. The second-order valence-electron chi connectivity index (χ2n) is 1.66. The van der Waals surface area contributed by atoms with E-state index in [0.29, 0.717) is 5.56 Å². The van der Waals surface area contributed by atoms with Gasteiger partial charge >= 0.3 is 0 Å². The molecule has 3 nitrogen and oxygen atoms in total. The molecule has 0 aromatic carbocycles. The summed E-state index contributed by atoms with van der Waals surface area (Å²) in [5, 5.41) is 18.8. The van der Waals surface area contributed by atoms with Crippen LogP contribution >= 0.6 is 0 Å². The molecule has 0 unspecified atom stereocenters. The van der Waals surface area contributed by atoms with Gasteiger partial charge in [-0.05, 0) is 11.6 Å². The fraction of sp³-hybridized carbons (Fsp3) is 0.167. The average molecular weight is 124 g/mol. The number of nitrogens with zero attached hydrogens (tertiary/aromatic N) is 1. The van der Waals surface area contributed by atoms with E-state index in [1.165, 1.54) is 12.3 Å². The topological polar surface area (TPSA) is 53.0 Å². The third-order valence-electron chi connectivity index (χ3n) is 0.980. The SMILES string of the molecule is [O]c1ccc(CO)cn1. The van der Waals surface area contributed by atoms with Crippen molar-refractivity contribution in [3.05, 3.63) is 23.9 Å². The lowest BCUT2D eigenvalue weighted by Crippen LogP contribution is -1.82. The molecule has 47 valence electrons. The maximum absolute atomic E-state index is 10.3. The molecular formula is C6H6NO2. The van der Waals surface area contributed by atoms with Gasteiger partial charge in [-0.15, -0.1) is 0 Å². The van der Waals surface area contributed by atoms with Crippen LogP contribution in [0.2, 0.25) is 0 Å². The maximum atomic E-state index is 10.3. The van der Waals surface area contributed by atoms with E-state index in [4.69, 9.17) is 5.11 Å². The molecule has 0 fully saturated rings. The number of aliphatic hydroxyl groups excluding tert-OH is 1. The molecular weight excluding hydrogens is 118 g/mol. The van der Waals surface area contributed by atoms with Crippen LogP contribution in [0.25, 0.3) is 0 Å². The molecule has 0 spiro atoms. The van der Waals surface area contributed by atoms with E-state index >= 15 is 0 Å². The van der Waals surface area contributed by atoms with Crippen molar-refractivity contribution in [1.82, 2.24) is 4.98 Å². The summed E-state index contributed by atoms with van der Waals surface area (Å²) in [6.07, 6.45) is 1.36. The molecule has 0 aliphatic rings. The van der Waals surface area contributed by atoms with E-state index in [1.54, 1.807) is 6.07 Å². The second-order valence-corrected chi connectivity index (χ2v) is 1.66. The molecule has 1 radical (unpaired) electrons. The fourth-order valence-electron chi connectivity index (χ4n) is 0.504. The van der Waals surface area contributed by atoms with Gasteiger partial charge in [0.25, 0.3) is 5.88 Å². The minimum Gasteiger partial charge on any atom is -0.392 e. The first-order valence-corrected chi connectivity index (χ1v) is 2.56. The first-order chi connectivity index (χ1) is 4.33. The Labute approximate surface area is 52.6 Å². The van der Waals surface area contributed by atoms with Gasteiger partial charge < -0.3 is 5.11 Å². The van der Waals surface area contributed by atoms with Gasteiger partial charge in [-0.2, -0.15) is 0 Å². The van der Waals surface area contributed by atoms with E-state index in [9.17, 15) is 5.11 Å². The van der Waals surface area contributed by atoms with Crippen molar-refractivity contribution in [3.63, 3.8) is 0 Å². The van der Waals surface area contributed by atoms with Crippen molar-refractivity contribution in [2.45, 2.75) is 6.61 Å². The lowest BCUT2D eigenvalue weighted by molar-refractivity contribution is 0.280. The molecule has 0 amide bonds. The molecule has 0 atom stereocenters. The van der Waals surface area contributed by atoms with Crippen LogP contribution in [0.3, 0.4) is 0 Å². The highest BCUT2D eigenvalue weighted by molar-refractivity contribution is 5.15. The van der Waals surface area contributed by atoms with E-state index < -0.39 is 0 Å². The Balaban J connectivity index is 2.88. The van der Waals surface area contributed by atoms with Gasteiger partial charge in [-0.3, -0.25) is 5.11 Å². The maximum Gasteiger partial charge on any atom is 0.269 e. The third kappa shape index (κ3) is 1.40. The number of hydrogen-bond donors (Lipinski definition) is 1. The number of rotatable bonds is 1. The lowest BCUT2D eigenvalue weighted by Gasteiger charge is -1.90. The predicted molar refractivity (Wildman–Crippen MR) is 30.3 cm³/mol. The minimum atomic E-state index is -0.271. The third-order valence-corrected chi connectivity index (χ3v) is 0.980. The highest BCUT2D eigenvalue weighted by Gasteiger charge is 1.90. The molecule has 1 heterocycles. The van der Waals surface area contributed by atoms with E-state index in [1.807, 2.05) is 0 Å². The zero-order valence-electron chi connectivity index (χ0n) is 4.74. The molecule has 1 rings (SSSR count). The fourth-order valence-corrected chi connectivity index (χ4v) is 0.504. The van der Waals surface area contributed by atoms with Crippen molar-refractivity contribution in [2.24, 2.45) is 0 Å². The molecule has 0 saturated carbocycles. The normalized spacial score (nSPS) is 9.44. The van der Waals surface area contributed by atoms with Gasteiger partial charge in [0.15, 0.2) is 0 Å². The van der Waals surface area contributed by atoms with Gasteiger partial charge in [-0.1, -0.05) is 0 Å². The first-order valence-electron chi connectivity index (χ1n) is 2.56. The molecule has 9 heavy (non-hydrogen) atoms. The van der Waals surface area contributed by atoms with E-state index in [-0.39, 0.29) is 12.5 Å². The van der Waals surface area contributed by atoms with Crippen LogP contribution in [0.4, 0.5) is 0 Å². The molecule has 3 heteroatoms. The molecule has 1 aromatic rings. The van der Waals surface area contributed by atoms with Crippen LogP contribution in [0.5, 0.6) is 5.88 Å². The summed E-state index contributed by atoms with van der Waals surface area (Å²) in [7, 11) is 0. The first kappa shape index (κ1) is 6.04. The number of aliphatic hydroxyl groups is 1. The van der Waals surface area contributed by atoms with Crippen LogP contribution in [0, 0.1) is 0 Å². The van der Waals surface area contributed by atoms with Gasteiger partial charge in [-0.25, -0.2) is 4.98 Å². The quantitative estimate of drug-likeness (QED) is 0.599. The summed E-state index contributed by atoms with van der Waals surface area (Å²) < 4.78 is 0. The van der Waals surface area contributed by atoms with Gasteiger partial charge in [0, 0.05) is 12.3 Å². The number of aromatic nitrogens is 1. The van der Waals surface area contributed by atoms with Crippen molar-refractivity contribution >= 4 is 0 Å². The minimum absolute atomic E-state index is 0.0622. The van der Waals surface area contributed by atoms with Crippen LogP contribution < -0.4 is 0 Å². The average Bonchev–Trinajstić information content (AvgIpc) is 1.90. The molecule has 0 aliphatic carbocycles. The Morgan fingerprint density at radius 3 is 2.78 bits per heavy atom. The molecule has 1 aromatic heterocycles. The Kier molecular flexibility index (Phi) is 1.65. The highest BCUT2D eigenvalue weighted by atomic mass is 16.3. The summed E-state index contributed by atoms with van der Waals surface area (Å²) >= 11 is 0. The summed E-state index contributed by atoms with van der Waals surface area (Å²) in [6, 6.07) is 2.88. The van der Waals surface area contributed by atoms with Crippen LogP contribution in [0.1, 0.15) is 5.56 Å². The second kappa shape index (κ2) is 2.46. The zero-order chi connectivity index (χ0) is 6.69. The Morgan fingerprint density at radius 2 is 2.33 bits per heavy atom. The van der Waals surface area contributed by atoms with Crippen molar-refractivity contribution in [2.75, 3.05) is 0 Å². The highest BCUT2D eigenvalue weighted by Crippen LogP contribution is 2.04. The molecule has 0 bridgehead atoms. The molecule has 0 aliphatic heterocycles. The van der Waals surface area contributed by atoms with Gasteiger partial charge in [0.1, 0.15) is 0 Å². The Bertz CT molecular complexity index is 183. The van der Waals surface area contributed by atoms with Crippen LogP contribution in [0.15, 0.2) is 18.3 Å². The number of hydrogen-bond acceptors (Lipinski definition) is 2. The largest absolute Gasteiger partial charge is 0.392 e. The summed E-state index contributed by atoms with van der Waals surface area (Å²) in [5.74, 6) is -0.271. The zero-order valence-corrected chi connectivity index (χ0v) is 4.74. The molecule has 0 saturated heterocycles. The Hall–Kier alpha value is -1.09. The van der Waals surface area contributed by atoms with Gasteiger partial charge in [0.05, 0.1) is 6.61 Å². The van der Waals surface area contributed by atoms with Gasteiger partial charge in [0.2, 0.25) is 0 Å². The Morgan fingerprint density at radius 1 is 1.56 bits per heavy atom. The van der Waals surface area contributed by atoms with Crippen LogP contribution in [-0.4, -0.2) is 10.1 Å². The predicted octanol–water partition coefficient (Wildman–Crippen LogP) is 0.718. The van der Waals surface area contributed by atoms with Crippen LogP contribution in [-0.2, 0) is 11.7 Å². The smallest absolute Gasteiger partial charge is 0.269 e. The van der Waals surface area contributed by atoms with Crippen molar-refractivity contribution in [1.29, 1.82) is 0 Å². The van der Waals surface area contributed by atoms with E-state index in [2.05, 4.69) is 4.98 Å². The summed E-state index contributed by atoms with van der Waals surface area (Å²) in [5.41, 5.74) is 0.662. The molecule has 1 N–H and O–H groups in total. The summed E-state index contributed by atoms with van der Waals surface area (Å²) in [4.78, 5) is 3.43. The van der Waals surface area contributed by atoms with E-state index in [0.717, 1.165) is 0 Å². The monoisotopic (exact) mass is 124 g/mol. The standard InChI is InChI=1S/C6H6NO2/c8-4-5-1-2-6(9)7-3-5/h1-3,8H,4H2. The number of pyridine rings is 1.